The van der Waals surface area contributed by atoms with Crippen LogP contribution in [0.4, 0.5) is 0 Å². The van der Waals surface area contributed by atoms with Gasteiger partial charge in [-0.15, -0.1) is 0 Å². The van der Waals surface area contributed by atoms with Gasteiger partial charge in [0.25, 0.3) is 0 Å². The minimum absolute atomic E-state index is 0.0943. The molecule has 2 saturated heterocycles. The summed E-state index contributed by atoms with van der Waals surface area (Å²) in [5, 5.41) is 6.27. The Kier molecular flexibility index (Phi) is 5.65. The molecular formula is C18H27N3O2. The highest BCUT2D eigenvalue weighted by Gasteiger charge is 2.28. The molecule has 1 atom stereocenters. The molecule has 0 spiro atoms. The fraction of sp³-hybridized carbons (Fsp3) is 0.611. The Labute approximate surface area is 138 Å². The number of carbonyl (C=O) groups is 1. The van der Waals surface area contributed by atoms with Crippen LogP contribution < -0.4 is 10.6 Å². The van der Waals surface area contributed by atoms with Crippen molar-refractivity contribution in [1.82, 2.24) is 15.5 Å². The smallest absolute Gasteiger partial charge is 0.223 e. The van der Waals surface area contributed by atoms with Crippen LogP contribution in [0, 0.1) is 11.8 Å². The number of morpholine rings is 1. The molecule has 0 radical (unpaired) electrons. The van der Waals surface area contributed by atoms with Crippen molar-refractivity contribution in [3.63, 3.8) is 0 Å². The van der Waals surface area contributed by atoms with Gasteiger partial charge in [0.05, 0.1) is 13.2 Å². The maximum atomic E-state index is 12.1. The minimum atomic E-state index is 0.0943. The fourth-order valence-corrected chi connectivity index (χ4v) is 3.01. The number of nitrogens with one attached hydrogen (secondary N) is 2. The topological polar surface area (TPSA) is 53.6 Å². The molecule has 1 aromatic carbocycles. The Morgan fingerprint density at radius 1 is 1.26 bits per heavy atom. The molecule has 0 saturated carbocycles. The van der Waals surface area contributed by atoms with Crippen LogP contribution in [0.15, 0.2) is 24.3 Å². The highest BCUT2D eigenvalue weighted by atomic mass is 16.5. The number of ether oxygens (including phenoxy) is 1. The van der Waals surface area contributed by atoms with Gasteiger partial charge >= 0.3 is 0 Å². The van der Waals surface area contributed by atoms with Gasteiger partial charge in [0.2, 0.25) is 5.91 Å². The van der Waals surface area contributed by atoms with Crippen LogP contribution in [-0.2, 0) is 22.6 Å². The third kappa shape index (κ3) is 4.53. The number of amides is 1. The van der Waals surface area contributed by atoms with Gasteiger partial charge in [0, 0.05) is 32.1 Å². The van der Waals surface area contributed by atoms with Crippen molar-refractivity contribution in [3.8, 4) is 0 Å². The van der Waals surface area contributed by atoms with E-state index >= 15 is 0 Å². The zero-order valence-electron chi connectivity index (χ0n) is 13.9. The Bertz CT molecular complexity index is 508. The van der Waals surface area contributed by atoms with Crippen molar-refractivity contribution in [2.45, 2.75) is 20.0 Å². The molecule has 2 aliphatic rings. The standard InChI is InChI=1S/C18H27N3O2/c1-14(17-11-19-12-17)18(22)20-10-15-2-4-16(5-3-15)13-21-6-8-23-9-7-21/h2-5,14,17,19H,6-13H2,1H3,(H,20,22). The van der Waals surface area contributed by atoms with Gasteiger partial charge in [-0.2, -0.15) is 0 Å². The molecule has 5 nitrogen and oxygen atoms in total. The van der Waals surface area contributed by atoms with E-state index in [0.29, 0.717) is 12.5 Å². The highest BCUT2D eigenvalue weighted by molar-refractivity contribution is 5.78. The number of hydrogen-bond acceptors (Lipinski definition) is 4. The Morgan fingerprint density at radius 3 is 2.52 bits per heavy atom. The van der Waals surface area contributed by atoms with Crippen molar-refractivity contribution in [2.75, 3.05) is 39.4 Å². The first-order valence-corrected chi connectivity index (χ1v) is 8.59. The molecule has 0 aliphatic carbocycles. The molecule has 1 unspecified atom stereocenters. The lowest BCUT2D eigenvalue weighted by Crippen LogP contribution is -2.49. The summed E-state index contributed by atoms with van der Waals surface area (Å²) < 4.78 is 5.37. The summed E-state index contributed by atoms with van der Waals surface area (Å²) in [7, 11) is 0. The second kappa shape index (κ2) is 7.90. The Morgan fingerprint density at radius 2 is 1.91 bits per heavy atom. The quantitative estimate of drug-likeness (QED) is 0.822. The number of carbonyl (C=O) groups excluding carboxylic acids is 1. The van der Waals surface area contributed by atoms with Crippen LogP contribution in [-0.4, -0.2) is 50.2 Å². The lowest BCUT2D eigenvalue weighted by atomic mass is 9.88. The van der Waals surface area contributed by atoms with E-state index in [2.05, 4.69) is 39.8 Å². The van der Waals surface area contributed by atoms with Crippen LogP contribution in [0.3, 0.4) is 0 Å². The molecule has 0 bridgehead atoms. The second-order valence-corrected chi connectivity index (χ2v) is 6.63. The molecule has 2 heterocycles. The second-order valence-electron chi connectivity index (χ2n) is 6.63. The average Bonchev–Trinajstić information content (AvgIpc) is 2.53. The van der Waals surface area contributed by atoms with E-state index < -0.39 is 0 Å². The minimum Gasteiger partial charge on any atom is -0.379 e. The molecule has 23 heavy (non-hydrogen) atoms. The molecule has 2 N–H and O–H groups in total. The first-order valence-electron chi connectivity index (χ1n) is 8.59. The van der Waals surface area contributed by atoms with Crippen molar-refractivity contribution < 1.29 is 9.53 Å². The SMILES string of the molecule is CC(C(=O)NCc1ccc(CN2CCOCC2)cc1)C1CNC1. The lowest BCUT2D eigenvalue weighted by Gasteiger charge is -2.31. The van der Waals surface area contributed by atoms with E-state index in [0.717, 1.165) is 51.5 Å². The summed E-state index contributed by atoms with van der Waals surface area (Å²) in [5.74, 6) is 0.747. The number of nitrogens with zero attached hydrogens (tertiary/aromatic N) is 1. The molecule has 2 aliphatic heterocycles. The van der Waals surface area contributed by atoms with Crippen molar-refractivity contribution in [2.24, 2.45) is 11.8 Å². The van der Waals surface area contributed by atoms with E-state index in [1.807, 2.05) is 6.92 Å². The van der Waals surface area contributed by atoms with Crippen molar-refractivity contribution in [3.05, 3.63) is 35.4 Å². The van der Waals surface area contributed by atoms with Crippen molar-refractivity contribution >= 4 is 5.91 Å². The maximum Gasteiger partial charge on any atom is 0.223 e. The van der Waals surface area contributed by atoms with Gasteiger partial charge in [-0.05, 0) is 30.1 Å². The normalized spacial score (nSPS) is 20.7. The van der Waals surface area contributed by atoms with Crippen LogP contribution >= 0.6 is 0 Å². The number of benzene rings is 1. The van der Waals surface area contributed by atoms with Crippen LogP contribution in [0.1, 0.15) is 18.1 Å². The summed E-state index contributed by atoms with van der Waals surface area (Å²) in [5.41, 5.74) is 2.47. The maximum absolute atomic E-state index is 12.1. The van der Waals surface area contributed by atoms with Gasteiger partial charge in [-0.25, -0.2) is 0 Å². The molecule has 2 fully saturated rings. The van der Waals surface area contributed by atoms with Crippen LogP contribution in [0.2, 0.25) is 0 Å². The van der Waals surface area contributed by atoms with Gasteiger partial charge in [0.15, 0.2) is 0 Å². The Hall–Kier alpha value is -1.43. The number of hydrogen-bond donors (Lipinski definition) is 2. The zero-order chi connectivity index (χ0) is 16.1. The summed E-state index contributed by atoms with van der Waals surface area (Å²) >= 11 is 0. The largest absolute Gasteiger partial charge is 0.379 e. The fourth-order valence-electron chi connectivity index (χ4n) is 3.01. The molecule has 5 heteroatoms. The van der Waals surface area contributed by atoms with Gasteiger partial charge in [-0.3, -0.25) is 9.69 Å². The monoisotopic (exact) mass is 317 g/mol. The van der Waals surface area contributed by atoms with E-state index in [9.17, 15) is 4.79 Å². The predicted molar refractivity (Wildman–Crippen MR) is 89.9 cm³/mol. The third-order valence-electron chi connectivity index (χ3n) is 4.93. The summed E-state index contributed by atoms with van der Waals surface area (Å²) in [6, 6.07) is 8.56. The third-order valence-corrected chi connectivity index (χ3v) is 4.93. The lowest BCUT2D eigenvalue weighted by molar-refractivity contribution is -0.126. The van der Waals surface area contributed by atoms with Gasteiger partial charge < -0.3 is 15.4 Å². The molecule has 1 amide bonds. The van der Waals surface area contributed by atoms with E-state index in [1.54, 1.807) is 0 Å². The number of rotatable bonds is 6. The first kappa shape index (κ1) is 16.4. The van der Waals surface area contributed by atoms with Gasteiger partial charge in [0.1, 0.15) is 0 Å². The Balaban J connectivity index is 1.44. The summed E-state index contributed by atoms with van der Waals surface area (Å²) in [4.78, 5) is 14.5. The van der Waals surface area contributed by atoms with Gasteiger partial charge in [-0.1, -0.05) is 31.2 Å². The van der Waals surface area contributed by atoms with Crippen LogP contribution in [0.25, 0.3) is 0 Å². The first-order chi connectivity index (χ1) is 11.2. The van der Waals surface area contributed by atoms with E-state index in [-0.39, 0.29) is 11.8 Å². The zero-order valence-corrected chi connectivity index (χ0v) is 13.9. The molecule has 1 aromatic rings. The van der Waals surface area contributed by atoms with Crippen LogP contribution in [0.5, 0.6) is 0 Å². The average molecular weight is 317 g/mol. The molecule has 126 valence electrons. The van der Waals surface area contributed by atoms with E-state index in [4.69, 9.17) is 4.74 Å². The predicted octanol–water partition coefficient (Wildman–Crippen LogP) is 0.991. The summed E-state index contributed by atoms with van der Waals surface area (Å²) in [6.45, 7) is 9.21. The van der Waals surface area contributed by atoms with E-state index in [1.165, 1.54) is 5.56 Å². The highest BCUT2D eigenvalue weighted by Crippen LogP contribution is 2.16. The molecular weight excluding hydrogens is 290 g/mol. The summed E-state index contributed by atoms with van der Waals surface area (Å²) in [6.07, 6.45) is 0. The van der Waals surface area contributed by atoms with Crippen molar-refractivity contribution in [1.29, 1.82) is 0 Å². The molecule has 3 rings (SSSR count). The molecule has 0 aromatic heterocycles.